The molecule has 2 aromatic carbocycles. The SMILES string of the molecule is CCc1ccc(NC(=O)c2c[nH]c3c(c(C)nn3-c3ccc(C)cc3)c2=O)cc1. The zero-order chi connectivity index (χ0) is 20.5. The first-order valence-electron chi connectivity index (χ1n) is 9.56. The largest absolute Gasteiger partial charge is 0.345 e. The molecule has 0 saturated heterocycles. The van der Waals surface area contributed by atoms with Gasteiger partial charge in [0.2, 0.25) is 5.43 Å². The van der Waals surface area contributed by atoms with Crippen LogP contribution in [-0.2, 0) is 6.42 Å². The topological polar surface area (TPSA) is 79.8 Å². The fourth-order valence-corrected chi connectivity index (χ4v) is 3.34. The number of hydrogen-bond acceptors (Lipinski definition) is 3. The van der Waals surface area contributed by atoms with Crippen LogP contribution in [0.25, 0.3) is 16.7 Å². The third-order valence-electron chi connectivity index (χ3n) is 5.03. The Hall–Kier alpha value is -3.67. The van der Waals surface area contributed by atoms with Gasteiger partial charge in [0.25, 0.3) is 5.91 Å². The maximum atomic E-state index is 13.0. The van der Waals surface area contributed by atoms with Crippen LogP contribution in [0.4, 0.5) is 5.69 Å². The number of nitrogens with one attached hydrogen (secondary N) is 2. The van der Waals surface area contributed by atoms with Gasteiger partial charge in [0, 0.05) is 11.9 Å². The summed E-state index contributed by atoms with van der Waals surface area (Å²) in [5.41, 5.74) is 4.68. The minimum Gasteiger partial charge on any atom is -0.345 e. The zero-order valence-corrected chi connectivity index (χ0v) is 16.6. The lowest BCUT2D eigenvalue weighted by molar-refractivity contribution is 0.102. The Kier molecular flexibility index (Phi) is 4.76. The second kappa shape index (κ2) is 7.39. The van der Waals surface area contributed by atoms with E-state index in [4.69, 9.17) is 0 Å². The number of benzene rings is 2. The molecule has 6 nitrogen and oxygen atoms in total. The Balaban J connectivity index is 1.72. The maximum absolute atomic E-state index is 13.0. The van der Waals surface area contributed by atoms with Crippen molar-refractivity contribution in [2.24, 2.45) is 0 Å². The van der Waals surface area contributed by atoms with E-state index in [0.29, 0.717) is 22.4 Å². The van der Waals surface area contributed by atoms with E-state index in [1.54, 1.807) is 11.6 Å². The van der Waals surface area contributed by atoms with E-state index in [1.165, 1.54) is 11.8 Å². The molecule has 0 fully saturated rings. The van der Waals surface area contributed by atoms with Crippen LogP contribution in [0.15, 0.2) is 59.5 Å². The highest BCUT2D eigenvalue weighted by atomic mass is 16.2. The number of aryl methyl sites for hydroxylation is 3. The fraction of sp³-hybridized carbons (Fsp3) is 0.174. The number of H-pyrrole nitrogens is 1. The number of carbonyl (C=O) groups excluding carboxylic acids is 1. The van der Waals surface area contributed by atoms with Crippen LogP contribution in [0.3, 0.4) is 0 Å². The molecule has 2 heterocycles. The lowest BCUT2D eigenvalue weighted by atomic mass is 10.1. The number of nitrogens with zero attached hydrogens (tertiary/aromatic N) is 2. The summed E-state index contributed by atoms with van der Waals surface area (Å²) in [6, 6.07) is 15.5. The molecule has 2 aromatic heterocycles. The van der Waals surface area contributed by atoms with Crippen molar-refractivity contribution in [3.63, 3.8) is 0 Å². The predicted octanol–water partition coefficient (Wildman–Crippen LogP) is 4.15. The molecule has 0 unspecified atom stereocenters. The number of amides is 1. The van der Waals surface area contributed by atoms with Crippen molar-refractivity contribution in [1.82, 2.24) is 14.8 Å². The highest BCUT2D eigenvalue weighted by molar-refractivity contribution is 6.05. The number of pyridine rings is 1. The van der Waals surface area contributed by atoms with Crippen molar-refractivity contribution >= 4 is 22.6 Å². The molecule has 0 aliphatic rings. The molecule has 0 radical (unpaired) electrons. The lowest BCUT2D eigenvalue weighted by Gasteiger charge is -2.07. The molecule has 146 valence electrons. The number of carbonyl (C=O) groups is 1. The molecule has 0 atom stereocenters. The molecular weight excluding hydrogens is 364 g/mol. The van der Waals surface area contributed by atoms with E-state index < -0.39 is 5.91 Å². The summed E-state index contributed by atoms with van der Waals surface area (Å²) in [4.78, 5) is 28.8. The van der Waals surface area contributed by atoms with Crippen LogP contribution >= 0.6 is 0 Å². The number of aromatic amines is 1. The van der Waals surface area contributed by atoms with E-state index >= 15 is 0 Å². The van der Waals surface area contributed by atoms with Crippen molar-refractivity contribution < 1.29 is 4.79 Å². The van der Waals surface area contributed by atoms with Crippen LogP contribution in [0.2, 0.25) is 0 Å². The van der Waals surface area contributed by atoms with E-state index in [2.05, 4.69) is 22.3 Å². The summed E-state index contributed by atoms with van der Waals surface area (Å²) in [7, 11) is 0. The van der Waals surface area contributed by atoms with Crippen molar-refractivity contribution in [1.29, 1.82) is 0 Å². The summed E-state index contributed by atoms with van der Waals surface area (Å²) >= 11 is 0. The van der Waals surface area contributed by atoms with E-state index in [0.717, 1.165) is 17.7 Å². The quantitative estimate of drug-likeness (QED) is 0.553. The highest BCUT2D eigenvalue weighted by Crippen LogP contribution is 2.19. The standard InChI is InChI=1S/C23H22N4O2/c1-4-16-7-9-17(10-8-16)25-23(29)19-13-24-22-20(21(19)28)15(3)26-27(22)18-11-5-14(2)6-12-18/h5-13H,4H2,1-3H3,(H,24,28)(H,25,29). The molecule has 1 amide bonds. The van der Waals surface area contributed by atoms with Crippen molar-refractivity contribution in [3.8, 4) is 5.69 Å². The first kappa shape index (κ1) is 18.7. The normalized spacial score (nSPS) is 11.0. The second-order valence-electron chi connectivity index (χ2n) is 7.09. The van der Waals surface area contributed by atoms with Gasteiger partial charge in [0.15, 0.2) is 0 Å². The summed E-state index contributed by atoms with van der Waals surface area (Å²) in [6.07, 6.45) is 2.38. The number of aromatic nitrogens is 3. The van der Waals surface area contributed by atoms with Gasteiger partial charge in [-0.1, -0.05) is 36.8 Å². The molecule has 0 spiro atoms. The smallest absolute Gasteiger partial charge is 0.261 e. The number of hydrogen-bond donors (Lipinski definition) is 2. The molecule has 6 heteroatoms. The average molecular weight is 386 g/mol. The molecule has 4 aromatic rings. The Bertz CT molecular complexity index is 1250. The van der Waals surface area contributed by atoms with Crippen molar-refractivity contribution in [2.45, 2.75) is 27.2 Å². The predicted molar refractivity (Wildman–Crippen MR) is 115 cm³/mol. The molecule has 0 aliphatic heterocycles. The molecular formula is C23H22N4O2. The Morgan fingerprint density at radius 1 is 1.07 bits per heavy atom. The van der Waals surface area contributed by atoms with Crippen molar-refractivity contribution in [2.75, 3.05) is 5.32 Å². The van der Waals surface area contributed by atoms with Gasteiger partial charge in [-0.3, -0.25) is 9.59 Å². The van der Waals surface area contributed by atoms with Crippen LogP contribution in [0.5, 0.6) is 0 Å². The Labute approximate surface area is 168 Å². The Morgan fingerprint density at radius 3 is 2.41 bits per heavy atom. The molecule has 0 bridgehead atoms. The highest BCUT2D eigenvalue weighted by Gasteiger charge is 2.19. The summed E-state index contributed by atoms with van der Waals surface area (Å²) < 4.78 is 1.69. The zero-order valence-electron chi connectivity index (χ0n) is 16.6. The minimum absolute atomic E-state index is 0.0589. The molecule has 0 aliphatic carbocycles. The van der Waals surface area contributed by atoms with Gasteiger partial charge in [-0.05, 0) is 50.1 Å². The number of anilines is 1. The molecule has 29 heavy (non-hydrogen) atoms. The summed E-state index contributed by atoms with van der Waals surface area (Å²) in [5, 5.41) is 7.72. The lowest BCUT2D eigenvalue weighted by Crippen LogP contribution is -2.22. The van der Waals surface area contributed by atoms with Gasteiger partial charge in [0.05, 0.1) is 16.8 Å². The van der Waals surface area contributed by atoms with E-state index in [9.17, 15) is 9.59 Å². The minimum atomic E-state index is -0.445. The summed E-state index contributed by atoms with van der Waals surface area (Å²) in [5.74, 6) is -0.445. The van der Waals surface area contributed by atoms with Gasteiger partial charge >= 0.3 is 0 Å². The monoisotopic (exact) mass is 386 g/mol. The molecule has 4 rings (SSSR count). The first-order valence-corrected chi connectivity index (χ1v) is 9.56. The van der Waals surface area contributed by atoms with Crippen LogP contribution in [0, 0.1) is 13.8 Å². The van der Waals surface area contributed by atoms with Crippen LogP contribution in [-0.4, -0.2) is 20.7 Å². The van der Waals surface area contributed by atoms with Gasteiger partial charge in [-0.25, -0.2) is 4.68 Å². The Morgan fingerprint density at radius 2 is 1.76 bits per heavy atom. The fourth-order valence-electron chi connectivity index (χ4n) is 3.34. The van der Waals surface area contributed by atoms with Gasteiger partial charge in [-0.2, -0.15) is 5.10 Å². The third-order valence-corrected chi connectivity index (χ3v) is 5.03. The third kappa shape index (κ3) is 3.45. The van der Waals surface area contributed by atoms with Gasteiger partial charge in [-0.15, -0.1) is 0 Å². The maximum Gasteiger partial charge on any atom is 0.261 e. The van der Waals surface area contributed by atoms with Crippen LogP contribution < -0.4 is 10.7 Å². The number of rotatable bonds is 4. The van der Waals surface area contributed by atoms with E-state index in [-0.39, 0.29) is 11.0 Å². The average Bonchev–Trinajstić information content (AvgIpc) is 3.06. The van der Waals surface area contributed by atoms with Gasteiger partial charge < -0.3 is 10.3 Å². The molecule has 2 N–H and O–H groups in total. The van der Waals surface area contributed by atoms with E-state index in [1.807, 2.05) is 55.5 Å². The first-order chi connectivity index (χ1) is 14.0. The number of fused-ring (bicyclic) bond motifs is 1. The molecule has 0 saturated carbocycles. The van der Waals surface area contributed by atoms with Crippen molar-refractivity contribution in [3.05, 3.63) is 87.3 Å². The second-order valence-corrected chi connectivity index (χ2v) is 7.09. The van der Waals surface area contributed by atoms with Crippen LogP contribution in [0.1, 0.15) is 34.1 Å². The summed E-state index contributed by atoms with van der Waals surface area (Å²) in [6.45, 7) is 5.85. The van der Waals surface area contributed by atoms with Gasteiger partial charge in [0.1, 0.15) is 11.2 Å².